The van der Waals surface area contributed by atoms with E-state index in [1.54, 1.807) is 12.1 Å². The van der Waals surface area contributed by atoms with Gasteiger partial charge in [-0.25, -0.2) is 4.39 Å². The van der Waals surface area contributed by atoms with Gasteiger partial charge in [0.25, 0.3) is 0 Å². The van der Waals surface area contributed by atoms with Crippen molar-refractivity contribution in [2.45, 2.75) is 31.7 Å². The number of likely N-dealkylation sites (tertiary alicyclic amines) is 1. The number of furan rings is 1. The molecule has 23 heavy (non-hydrogen) atoms. The SMILES string of the molecule is CN1CC[C@H](NCc2ccc(CO)o2)[C@H]1c1ccc(Cl)c(F)c1. The van der Waals surface area contributed by atoms with Crippen LogP contribution >= 0.6 is 11.6 Å². The molecule has 1 saturated heterocycles. The molecule has 0 aliphatic carbocycles. The maximum atomic E-state index is 13.8. The van der Waals surface area contributed by atoms with Gasteiger partial charge in [-0.1, -0.05) is 17.7 Å². The molecule has 0 bridgehead atoms. The molecular formula is C17H20ClFN2O2. The van der Waals surface area contributed by atoms with E-state index in [1.807, 2.05) is 19.2 Å². The second kappa shape index (κ2) is 7.01. The Balaban J connectivity index is 1.71. The molecule has 3 rings (SSSR count). The summed E-state index contributed by atoms with van der Waals surface area (Å²) in [4.78, 5) is 2.21. The minimum atomic E-state index is -0.387. The third-order valence-corrected chi connectivity index (χ3v) is 4.65. The Bertz CT molecular complexity index is 676. The largest absolute Gasteiger partial charge is 0.462 e. The number of hydrogen-bond acceptors (Lipinski definition) is 4. The number of likely N-dealkylation sites (N-methyl/N-ethyl adjacent to an activating group) is 1. The summed E-state index contributed by atoms with van der Waals surface area (Å²) in [6.07, 6.45) is 0.971. The summed E-state index contributed by atoms with van der Waals surface area (Å²) in [6, 6.07) is 8.91. The van der Waals surface area contributed by atoms with Crippen molar-refractivity contribution in [2.24, 2.45) is 0 Å². The highest BCUT2D eigenvalue weighted by atomic mass is 35.5. The number of aliphatic hydroxyl groups is 1. The van der Waals surface area contributed by atoms with Crippen LogP contribution in [0.25, 0.3) is 0 Å². The zero-order valence-corrected chi connectivity index (χ0v) is 13.7. The van der Waals surface area contributed by atoms with Gasteiger partial charge in [-0.3, -0.25) is 4.90 Å². The Hall–Kier alpha value is -1.40. The lowest BCUT2D eigenvalue weighted by Gasteiger charge is -2.26. The highest BCUT2D eigenvalue weighted by Gasteiger charge is 2.33. The normalized spacial score (nSPS) is 21.9. The van der Waals surface area contributed by atoms with Crippen LogP contribution in [0.3, 0.4) is 0 Å². The fraction of sp³-hybridized carbons (Fsp3) is 0.412. The smallest absolute Gasteiger partial charge is 0.142 e. The average Bonchev–Trinajstić information content (AvgIpc) is 3.14. The van der Waals surface area contributed by atoms with Crippen molar-refractivity contribution in [3.8, 4) is 0 Å². The maximum Gasteiger partial charge on any atom is 0.142 e. The van der Waals surface area contributed by atoms with Gasteiger partial charge >= 0.3 is 0 Å². The number of nitrogens with one attached hydrogen (secondary N) is 1. The number of hydrogen-bond donors (Lipinski definition) is 2. The van der Waals surface area contributed by atoms with Crippen molar-refractivity contribution in [2.75, 3.05) is 13.6 Å². The van der Waals surface area contributed by atoms with Crippen molar-refractivity contribution in [1.82, 2.24) is 10.2 Å². The Morgan fingerprint density at radius 3 is 2.83 bits per heavy atom. The summed E-state index contributed by atoms with van der Waals surface area (Å²) in [7, 11) is 2.04. The molecule has 2 aromatic rings. The van der Waals surface area contributed by atoms with Crippen molar-refractivity contribution >= 4 is 11.6 Å². The lowest BCUT2D eigenvalue weighted by Crippen LogP contribution is -2.34. The van der Waals surface area contributed by atoms with Crippen molar-refractivity contribution in [3.63, 3.8) is 0 Å². The van der Waals surface area contributed by atoms with Gasteiger partial charge in [0, 0.05) is 18.6 Å². The fourth-order valence-electron chi connectivity index (χ4n) is 3.18. The number of benzene rings is 1. The maximum absolute atomic E-state index is 13.8. The Morgan fingerprint density at radius 1 is 1.35 bits per heavy atom. The van der Waals surface area contributed by atoms with E-state index >= 15 is 0 Å². The first-order valence-electron chi connectivity index (χ1n) is 7.65. The van der Waals surface area contributed by atoms with Crippen LogP contribution in [0.5, 0.6) is 0 Å². The van der Waals surface area contributed by atoms with Gasteiger partial charge in [-0.15, -0.1) is 0 Å². The Morgan fingerprint density at radius 2 is 2.13 bits per heavy atom. The van der Waals surface area contributed by atoms with Gasteiger partial charge < -0.3 is 14.8 Å². The van der Waals surface area contributed by atoms with Crippen molar-refractivity contribution in [1.29, 1.82) is 0 Å². The molecule has 124 valence electrons. The third kappa shape index (κ3) is 3.58. The van der Waals surface area contributed by atoms with Crippen LogP contribution in [-0.2, 0) is 13.2 Å². The highest BCUT2D eigenvalue weighted by molar-refractivity contribution is 6.30. The molecule has 0 unspecified atom stereocenters. The van der Waals surface area contributed by atoms with Crippen molar-refractivity contribution < 1.29 is 13.9 Å². The summed E-state index contributed by atoms with van der Waals surface area (Å²) in [5.74, 6) is 0.952. The summed E-state index contributed by atoms with van der Waals surface area (Å²) in [5, 5.41) is 12.7. The molecular weight excluding hydrogens is 319 g/mol. The first-order valence-corrected chi connectivity index (χ1v) is 8.03. The molecule has 1 aliphatic heterocycles. The molecule has 2 atom stereocenters. The topological polar surface area (TPSA) is 48.6 Å². The predicted octanol–water partition coefficient (Wildman–Crippen LogP) is 3.10. The van der Waals surface area contributed by atoms with Crippen LogP contribution in [-0.4, -0.2) is 29.6 Å². The molecule has 0 spiro atoms. The predicted molar refractivity (Wildman–Crippen MR) is 86.7 cm³/mol. The zero-order valence-electron chi connectivity index (χ0n) is 12.9. The van der Waals surface area contributed by atoms with Gasteiger partial charge in [0.15, 0.2) is 0 Å². The second-order valence-electron chi connectivity index (χ2n) is 5.90. The van der Waals surface area contributed by atoms with Gasteiger partial charge in [-0.05, 0) is 43.3 Å². The molecule has 0 saturated carbocycles. The van der Waals surface area contributed by atoms with E-state index in [9.17, 15) is 4.39 Å². The summed E-state index contributed by atoms with van der Waals surface area (Å²) in [6.45, 7) is 1.41. The Kier molecular flexibility index (Phi) is 5.02. The molecule has 1 fully saturated rings. The van der Waals surface area contributed by atoms with Crippen LogP contribution < -0.4 is 5.32 Å². The molecule has 0 radical (unpaired) electrons. The molecule has 6 heteroatoms. The zero-order chi connectivity index (χ0) is 16.4. The van der Waals surface area contributed by atoms with E-state index in [2.05, 4.69) is 10.2 Å². The van der Waals surface area contributed by atoms with E-state index in [0.29, 0.717) is 12.3 Å². The molecule has 2 N–H and O–H groups in total. The van der Waals surface area contributed by atoms with Gasteiger partial charge in [0.1, 0.15) is 23.9 Å². The molecule has 4 nitrogen and oxygen atoms in total. The standard InChI is InChI=1S/C17H20ClFN2O2/c1-21-7-6-16(20-9-12-3-4-13(10-22)23-12)17(21)11-2-5-14(18)15(19)8-11/h2-5,8,16-17,20,22H,6-7,9-10H2,1H3/t16-,17+/m0/s1. The van der Waals surface area contributed by atoms with Gasteiger partial charge in [-0.2, -0.15) is 0 Å². The van der Waals surface area contributed by atoms with Crippen LogP contribution in [0.4, 0.5) is 4.39 Å². The molecule has 0 amide bonds. The number of halogens is 2. The molecule has 2 heterocycles. The highest BCUT2D eigenvalue weighted by Crippen LogP contribution is 2.32. The average molecular weight is 339 g/mol. The quantitative estimate of drug-likeness (QED) is 0.879. The van der Waals surface area contributed by atoms with Crippen LogP contribution in [0, 0.1) is 5.82 Å². The second-order valence-corrected chi connectivity index (χ2v) is 6.31. The monoisotopic (exact) mass is 338 g/mol. The van der Waals surface area contributed by atoms with Crippen molar-refractivity contribution in [3.05, 3.63) is 58.3 Å². The van der Waals surface area contributed by atoms with Crippen LogP contribution in [0.1, 0.15) is 29.5 Å². The van der Waals surface area contributed by atoms with E-state index in [-0.39, 0.29) is 29.5 Å². The first-order chi connectivity index (χ1) is 11.1. The molecule has 1 aliphatic rings. The van der Waals surface area contributed by atoms with E-state index < -0.39 is 0 Å². The summed E-state index contributed by atoms with van der Waals surface area (Å²) in [5.41, 5.74) is 0.917. The third-order valence-electron chi connectivity index (χ3n) is 4.35. The summed E-state index contributed by atoms with van der Waals surface area (Å²) >= 11 is 5.78. The van der Waals surface area contributed by atoms with Crippen LogP contribution in [0.2, 0.25) is 5.02 Å². The minimum absolute atomic E-state index is 0.0917. The molecule has 1 aromatic carbocycles. The fourth-order valence-corrected chi connectivity index (χ4v) is 3.30. The Labute approximate surface area is 139 Å². The lowest BCUT2D eigenvalue weighted by atomic mass is 10.00. The lowest BCUT2D eigenvalue weighted by molar-refractivity contribution is 0.240. The number of aliphatic hydroxyl groups excluding tert-OH is 1. The van der Waals surface area contributed by atoms with E-state index in [4.69, 9.17) is 21.1 Å². The minimum Gasteiger partial charge on any atom is -0.462 e. The van der Waals surface area contributed by atoms with Crippen LogP contribution in [0.15, 0.2) is 34.7 Å². The molecule has 1 aromatic heterocycles. The number of rotatable bonds is 5. The summed E-state index contributed by atoms with van der Waals surface area (Å²) < 4.78 is 19.3. The van der Waals surface area contributed by atoms with E-state index in [0.717, 1.165) is 24.3 Å². The number of nitrogens with zero attached hydrogens (tertiary/aromatic N) is 1. The first kappa shape index (κ1) is 16.5. The van der Waals surface area contributed by atoms with E-state index in [1.165, 1.54) is 6.07 Å². The van der Waals surface area contributed by atoms with Gasteiger partial charge in [0.05, 0.1) is 11.6 Å². The van der Waals surface area contributed by atoms with Gasteiger partial charge in [0.2, 0.25) is 0 Å².